The second-order valence-corrected chi connectivity index (χ2v) is 5.96. The molecule has 0 aromatic heterocycles. The van der Waals surface area contributed by atoms with E-state index in [2.05, 4.69) is 19.2 Å². The summed E-state index contributed by atoms with van der Waals surface area (Å²) >= 11 is 0. The largest absolute Gasteiger partial charge is 0.314 e. The minimum Gasteiger partial charge on any atom is -0.314 e. The van der Waals surface area contributed by atoms with Crippen molar-refractivity contribution in [1.29, 1.82) is 0 Å². The minimum absolute atomic E-state index is 0.852. The van der Waals surface area contributed by atoms with Crippen molar-refractivity contribution in [3.8, 4) is 0 Å². The van der Waals surface area contributed by atoms with Gasteiger partial charge < -0.3 is 5.32 Å². The minimum atomic E-state index is 0.852. The molecule has 0 amide bonds. The van der Waals surface area contributed by atoms with Crippen LogP contribution in [0.3, 0.4) is 0 Å². The lowest BCUT2D eigenvalue weighted by molar-refractivity contribution is 0.172. The van der Waals surface area contributed by atoms with Crippen molar-refractivity contribution in [2.75, 3.05) is 6.54 Å². The van der Waals surface area contributed by atoms with Crippen molar-refractivity contribution >= 4 is 0 Å². The van der Waals surface area contributed by atoms with E-state index in [1.54, 1.807) is 0 Å². The highest BCUT2D eigenvalue weighted by molar-refractivity contribution is 4.89. The van der Waals surface area contributed by atoms with Crippen LogP contribution >= 0.6 is 0 Å². The topological polar surface area (TPSA) is 12.0 Å². The van der Waals surface area contributed by atoms with Crippen LogP contribution in [0.15, 0.2) is 0 Å². The predicted octanol–water partition coefficient (Wildman–Crippen LogP) is 3.98. The van der Waals surface area contributed by atoms with E-state index >= 15 is 0 Å². The lowest BCUT2D eigenvalue weighted by atomic mass is 9.72. The van der Waals surface area contributed by atoms with Gasteiger partial charge in [-0.05, 0) is 43.6 Å². The fourth-order valence-corrected chi connectivity index (χ4v) is 4.16. The SMILES string of the molecule is CCNC1CCCC1C1CCCC(CC)C1. The molecule has 2 aliphatic rings. The second-order valence-electron chi connectivity index (χ2n) is 5.96. The molecule has 0 spiro atoms. The fourth-order valence-electron chi connectivity index (χ4n) is 4.16. The summed E-state index contributed by atoms with van der Waals surface area (Å²) in [4.78, 5) is 0. The van der Waals surface area contributed by atoms with E-state index in [0.717, 1.165) is 30.3 Å². The van der Waals surface area contributed by atoms with Crippen LogP contribution in [0.25, 0.3) is 0 Å². The summed E-state index contributed by atoms with van der Waals surface area (Å²) in [5.41, 5.74) is 0. The first-order chi connectivity index (χ1) is 7.85. The van der Waals surface area contributed by atoms with Crippen molar-refractivity contribution in [2.24, 2.45) is 17.8 Å². The van der Waals surface area contributed by atoms with Gasteiger partial charge in [0.15, 0.2) is 0 Å². The molecular weight excluding hydrogens is 194 g/mol. The third-order valence-electron chi connectivity index (χ3n) is 5.04. The first kappa shape index (κ1) is 12.4. The molecule has 0 bridgehead atoms. The zero-order chi connectivity index (χ0) is 11.4. The summed E-state index contributed by atoms with van der Waals surface area (Å²) in [5.74, 6) is 3.10. The van der Waals surface area contributed by atoms with Crippen molar-refractivity contribution in [3.63, 3.8) is 0 Å². The molecule has 0 aromatic carbocycles. The molecule has 2 rings (SSSR count). The molecule has 94 valence electrons. The number of rotatable bonds is 4. The van der Waals surface area contributed by atoms with Crippen molar-refractivity contribution in [1.82, 2.24) is 5.32 Å². The van der Waals surface area contributed by atoms with E-state index in [9.17, 15) is 0 Å². The van der Waals surface area contributed by atoms with Crippen LogP contribution in [0.1, 0.15) is 65.2 Å². The summed E-state index contributed by atoms with van der Waals surface area (Å²) in [6.45, 7) is 5.79. The van der Waals surface area contributed by atoms with E-state index < -0.39 is 0 Å². The van der Waals surface area contributed by atoms with Crippen LogP contribution < -0.4 is 5.32 Å². The summed E-state index contributed by atoms with van der Waals surface area (Å²) in [6, 6.07) is 0.852. The van der Waals surface area contributed by atoms with Gasteiger partial charge in [-0.1, -0.05) is 46.0 Å². The average molecular weight is 223 g/mol. The number of hydrogen-bond acceptors (Lipinski definition) is 1. The maximum Gasteiger partial charge on any atom is 0.00978 e. The van der Waals surface area contributed by atoms with Gasteiger partial charge in [0, 0.05) is 6.04 Å². The Morgan fingerprint density at radius 3 is 2.56 bits per heavy atom. The quantitative estimate of drug-likeness (QED) is 0.760. The predicted molar refractivity (Wildman–Crippen MR) is 70.5 cm³/mol. The average Bonchev–Trinajstić information content (AvgIpc) is 2.78. The molecule has 1 nitrogen and oxygen atoms in total. The van der Waals surface area contributed by atoms with Gasteiger partial charge in [0.1, 0.15) is 0 Å². The van der Waals surface area contributed by atoms with Gasteiger partial charge >= 0.3 is 0 Å². The highest BCUT2D eigenvalue weighted by atomic mass is 14.9. The van der Waals surface area contributed by atoms with Gasteiger partial charge in [-0.3, -0.25) is 0 Å². The Bertz CT molecular complexity index is 202. The molecule has 1 heteroatoms. The summed E-state index contributed by atoms with van der Waals surface area (Å²) in [5, 5.41) is 3.72. The Morgan fingerprint density at radius 2 is 1.81 bits per heavy atom. The molecule has 16 heavy (non-hydrogen) atoms. The van der Waals surface area contributed by atoms with Crippen LogP contribution in [0.4, 0.5) is 0 Å². The standard InChI is InChI=1S/C15H29N/c1-3-12-7-5-8-13(11-12)14-9-6-10-15(14)16-4-2/h12-16H,3-11H2,1-2H3. The van der Waals surface area contributed by atoms with Gasteiger partial charge in [-0.25, -0.2) is 0 Å². The highest BCUT2D eigenvalue weighted by Gasteiger charge is 2.35. The molecule has 0 aliphatic heterocycles. The van der Waals surface area contributed by atoms with E-state index in [-0.39, 0.29) is 0 Å². The molecule has 4 unspecified atom stereocenters. The Morgan fingerprint density at radius 1 is 1.00 bits per heavy atom. The fraction of sp³-hybridized carbons (Fsp3) is 1.00. The summed E-state index contributed by atoms with van der Waals surface area (Å²) in [7, 11) is 0. The smallest absolute Gasteiger partial charge is 0.00978 e. The van der Waals surface area contributed by atoms with Crippen LogP contribution in [0.2, 0.25) is 0 Å². The zero-order valence-electron chi connectivity index (χ0n) is 11.2. The Hall–Kier alpha value is -0.0400. The second kappa shape index (κ2) is 6.05. The maximum atomic E-state index is 3.72. The molecule has 2 saturated carbocycles. The molecule has 1 N–H and O–H groups in total. The van der Waals surface area contributed by atoms with Crippen molar-refractivity contribution in [2.45, 2.75) is 71.3 Å². The Kier molecular flexibility index (Phi) is 4.69. The van der Waals surface area contributed by atoms with Gasteiger partial charge in [-0.15, -0.1) is 0 Å². The first-order valence-electron chi connectivity index (χ1n) is 7.58. The van der Waals surface area contributed by atoms with Crippen LogP contribution in [-0.4, -0.2) is 12.6 Å². The van der Waals surface area contributed by atoms with E-state index in [1.807, 2.05) is 0 Å². The third kappa shape index (κ3) is 2.80. The Labute approximate surface area is 101 Å². The summed E-state index contributed by atoms with van der Waals surface area (Å²) in [6.07, 6.45) is 11.9. The normalized spacial score (nSPS) is 40.1. The van der Waals surface area contributed by atoms with Crippen LogP contribution in [-0.2, 0) is 0 Å². The first-order valence-corrected chi connectivity index (χ1v) is 7.58. The lowest BCUT2D eigenvalue weighted by Gasteiger charge is -2.35. The van der Waals surface area contributed by atoms with Gasteiger partial charge in [-0.2, -0.15) is 0 Å². The highest BCUT2D eigenvalue weighted by Crippen LogP contribution is 2.42. The zero-order valence-corrected chi connectivity index (χ0v) is 11.2. The molecule has 0 saturated heterocycles. The van der Waals surface area contributed by atoms with Gasteiger partial charge in [0.25, 0.3) is 0 Å². The lowest BCUT2D eigenvalue weighted by Crippen LogP contribution is -2.37. The van der Waals surface area contributed by atoms with Gasteiger partial charge in [0.2, 0.25) is 0 Å². The van der Waals surface area contributed by atoms with Crippen molar-refractivity contribution in [3.05, 3.63) is 0 Å². The molecule has 2 aliphatic carbocycles. The van der Waals surface area contributed by atoms with Crippen molar-refractivity contribution < 1.29 is 0 Å². The molecule has 2 fully saturated rings. The number of hydrogen-bond donors (Lipinski definition) is 1. The molecule has 0 radical (unpaired) electrons. The molecule has 0 aromatic rings. The van der Waals surface area contributed by atoms with Crippen LogP contribution in [0.5, 0.6) is 0 Å². The van der Waals surface area contributed by atoms with Gasteiger partial charge in [0.05, 0.1) is 0 Å². The Balaban J connectivity index is 1.89. The number of nitrogens with one attached hydrogen (secondary N) is 1. The van der Waals surface area contributed by atoms with E-state index in [1.165, 1.54) is 51.4 Å². The van der Waals surface area contributed by atoms with Crippen LogP contribution in [0, 0.1) is 17.8 Å². The molecule has 0 heterocycles. The molecule has 4 atom stereocenters. The summed E-state index contributed by atoms with van der Waals surface area (Å²) < 4.78 is 0. The monoisotopic (exact) mass is 223 g/mol. The maximum absolute atomic E-state index is 3.72. The van der Waals surface area contributed by atoms with E-state index in [0.29, 0.717) is 0 Å². The molecular formula is C15H29N. The van der Waals surface area contributed by atoms with E-state index in [4.69, 9.17) is 0 Å². The third-order valence-corrected chi connectivity index (χ3v) is 5.04.